The maximum Gasteiger partial charge on any atom is 0.359 e. The number of hydrogen-bond acceptors (Lipinski definition) is 3. The molecule has 0 radical (unpaired) electrons. The molecule has 0 bridgehead atoms. The first-order valence-electron chi connectivity index (χ1n) is 2.74. The zero-order valence-corrected chi connectivity index (χ0v) is 5.76. The summed E-state index contributed by atoms with van der Waals surface area (Å²) in [5, 5.41) is 0. The average molecular weight is 147 g/mol. The maximum absolute atomic E-state index is 12.4. The molecule has 10 heavy (non-hydrogen) atoms. The van der Waals surface area contributed by atoms with Gasteiger partial charge in [-0.05, 0) is 6.92 Å². The Labute approximate surface area is 58.7 Å². The Kier molecular flexibility index (Phi) is 3.02. The number of carbonyl (C=O) groups is 1. The molecule has 0 aromatic heterocycles. The van der Waals surface area contributed by atoms with Crippen LogP contribution in [-0.4, -0.2) is 18.4 Å². The Balaban J connectivity index is 3.74. The van der Waals surface area contributed by atoms with Crippen LogP contribution >= 0.6 is 0 Å². The molecule has 0 aliphatic carbocycles. The Morgan fingerprint density at radius 2 is 2.50 bits per heavy atom. The lowest BCUT2D eigenvalue weighted by atomic mass is 10.3. The smallest absolute Gasteiger partial charge is 0.359 e. The van der Waals surface area contributed by atoms with Crippen molar-refractivity contribution in [1.82, 2.24) is 0 Å². The molecule has 0 spiro atoms. The highest BCUT2D eigenvalue weighted by Crippen LogP contribution is 2.02. The third-order valence-electron chi connectivity index (χ3n) is 0.731. The van der Waals surface area contributed by atoms with Gasteiger partial charge in [0.1, 0.15) is 6.61 Å². The lowest BCUT2D eigenvalue weighted by Crippen LogP contribution is -2.41. The van der Waals surface area contributed by atoms with Gasteiger partial charge in [-0.15, -0.1) is 0 Å². The first-order chi connectivity index (χ1) is 4.48. The molecule has 2 N–H and O–H groups in total. The molecule has 0 saturated carbocycles. The summed E-state index contributed by atoms with van der Waals surface area (Å²) in [4.78, 5) is 10.5. The zero-order chi connectivity index (χ0) is 8.20. The third-order valence-corrected chi connectivity index (χ3v) is 0.731. The number of esters is 1. The molecule has 0 aliphatic rings. The van der Waals surface area contributed by atoms with Gasteiger partial charge in [0.15, 0.2) is 0 Å². The van der Waals surface area contributed by atoms with Crippen molar-refractivity contribution in [3.05, 3.63) is 12.7 Å². The van der Waals surface area contributed by atoms with Crippen molar-refractivity contribution in [3.8, 4) is 0 Å². The van der Waals surface area contributed by atoms with Crippen LogP contribution in [0.2, 0.25) is 0 Å². The van der Waals surface area contributed by atoms with E-state index in [1.807, 2.05) is 0 Å². The number of carbonyl (C=O) groups excluding carboxylic acids is 1. The number of hydrogen-bond donors (Lipinski definition) is 1. The predicted molar refractivity (Wildman–Crippen MR) is 34.9 cm³/mol. The van der Waals surface area contributed by atoms with Gasteiger partial charge in [-0.1, -0.05) is 12.7 Å². The molecule has 3 nitrogen and oxygen atoms in total. The monoisotopic (exact) mass is 147 g/mol. The Morgan fingerprint density at radius 1 is 2.00 bits per heavy atom. The summed E-state index contributed by atoms with van der Waals surface area (Å²) < 4.78 is 16.7. The molecule has 0 rings (SSSR count). The number of nitrogens with two attached hydrogens (primary N) is 1. The zero-order valence-electron chi connectivity index (χ0n) is 5.76. The molecule has 0 fully saturated rings. The highest BCUT2D eigenvalue weighted by atomic mass is 19.1. The van der Waals surface area contributed by atoms with Crippen molar-refractivity contribution in [2.24, 2.45) is 5.73 Å². The number of rotatable bonds is 3. The fourth-order valence-electron chi connectivity index (χ4n) is 0.276. The topological polar surface area (TPSA) is 52.3 Å². The van der Waals surface area contributed by atoms with Gasteiger partial charge >= 0.3 is 5.97 Å². The largest absolute Gasteiger partial charge is 0.458 e. The van der Waals surface area contributed by atoms with Gasteiger partial charge in [-0.2, -0.15) is 0 Å². The van der Waals surface area contributed by atoms with E-state index in [0.29, 0.717) is 0 Å². The standard InChI is InChI=1S/C6H10FNO2/c1-3-4-10-5(9)6(2,7)8/h3H,1,4,8H2,2H3. The summed E-state index contributed by atoms with van der Waals surface area (Å²) in [5.74, 6) is -3.48. The van der Waals surface area contributed by atoms with Crippen LogP contribution in [0, 0.1) is 0 Å². The maximum atomic E-state index is 12.4. The molecule has 58 valence electrons. The molecule has 0 amide bonds. The summed E-state index contributed by atoms with van der Waals surface area (Å²) in [6.45, 7) is 4.18. The molecule has 0 aliphatic heterocycles. The summed E-state index contributed by atoms with van der Waals surface area (Å²) in [6, 6.07) is 0. The van der Waals surface area contributed by atoms with Crippen LogP contribution in [0.4, 0.5) is 4.39 Å². The van der Waals surface area contributed by atoms with Crippen molar-refractivity contribution >= 4 is 5.97 Å². The fourth-order valence-corrected chi connectivity index (χ4v) is 0.276. The normalized spacial score (nSPS) is 15.5. The minimum Gasteiger partial charge on any atom is -0.458 e. The average Bonchev–Trinajstić information content (AvgIpc) is 1.80. The Bertz CT molecular complexity index is 139. The van der Waals surface area contributed by atoms with Crippen LogP contribution in [-0.2, 0) is 9.53 Å². The van der Waals surface area contributed by atoms with E-state index in [4.69, 9.17) is 5.73 Å². The van der Waals surface area contributed by atoms with E-state index < -0.39 is 11.8 Å². The van der Waals surface area contributed by atoms with Gasteiger partial charge in [0, 0.05) is 0 Å². The highest BCUT2D eigenvalue weighted by Gasteiger charge is 2.28. The van der Waals surface area contributed by atoms with Crippen LogP contribution in [0.25, 0.3) is 0 Å². The van der Waals surface area contributed by atoms with Crippen molar-refractivity contribution < 1.29 is 13.9 Å². The SMILES string of the molecule is C=CCOC(=O)C(C)(N)F. The van der Waals surface area contributed by atoms with Gasteiger partial charge < -0.3 is 4.74 Å². The highest BCUT2D eigenvalue weighted by molar-refractivity contribution is 5.78. The van der Waals surface area contributed by atoms with Crippen molar-refractivity contribution in [2.75, 3.05) is 6.61 Å². The number of ether oxygens (including phenoxy) is 1. The van der Waals surface area contributed by atoms with Crippen molar-refractivity contribution in [2.45, 2.75) is 12.7 Å². The predicted octanol–water partition coefficient (Wildman–Crippen LogP) is 0.360. The van der Waals surface area contributed by atoms with Crippen LogP contribution in [0.1, 0.15) is 6.92 Å². The van der Waals surface area contributed by atoms with Gasteiger partial charge in [0.05, 0.1) is 0 Å². The Hall–Kier alpha value is -0.900. The van der Waals surface area contributed by atoms with E-state index in [2.05, 4.69) is 11.3 Å². The van der Waals surface area contributed by atoms with E-state index >= 15 is 0 Å². The molecular weight excluding hydrogens is 137 g/mol. The minimum absolute atomic E-state index is 0.0183. The molecule has 4 heteroatoms. The van der Waals surface area contributed by atoms with Crippen LogP contribution < -0.4 is 5.73 Å². The molecule has 1 atom stereocenters. The summed E-state index contributed by atoms with van der Waals surface area (Å²) in [5.41, 5.74) is 4.74. The molecule has 0 heterocycles. The van der Waals surface area contributed by atoms with E-state index in [9.17, 15) is 9.18 Å². The molecular formula is C6H10FNO2. The number of alkyl halides is 1. The van der Waals surface area contributed by atoms with E-state index in [0.717, 1.165) is 6.92 Å². The number of halogens is 1. The quantitative estimate of drug-likeness (QED) is 0.356. The molecule has 1 unspecified atom stereocenters. The van der Waals surface area contributed by atoms with E-state index in [-0.39, 0.29) is 6.61 Å². The summed E-state index contributed by atoms with van der Waals surface area (Å²) >= 11 is 0. The van der Waals surface area contributed by atoms with Gasteiger partial charge in [0.2, 0.25) is 0 Å². The van der Waals surface area contributed by atoms with Gasteiger partial charge in [0.25, 0.3) is 5.79 Å². The second kappa shape index (κ2) is 3.31. The van der Waals surface area contributed by atoms with Gasteiger partial charge in [-0.25, -0.2) is 9.18 Å². The molecule has 0 saturated heterocycles. The lowest BCUT2D eigenvalue weighted by Gasteiger charge is -2.11. The Morgan fingerprint density at radius 3 is 2.80 bits per heavy atom. The van der Waals surface area contributed by atoms with E-state index in [1.54, 1.807) is 0 Å². The molecule has 0 aromatic rings. The van der Waals surface area contributed by atoms with Crippen LogP contribution in [0.3, 0.4) is 0 Å². The minimum atomic E-state index is -2.40. The second-order valence-electron chi connectivity index (χ2n) is 1.96. The summed E-state index contributed by atoms with van der Waals surface area (Å²) in [6.07, 6.45) is 1.34. The van der Waals surface area contributed by atoms with Crippen LogP contribution in [0.15, 0.2) is 12.7 Å². The second-order valence-corrected chi connectivity index (χ2v) is 1.96. The lowest BCUT2D eigenvalue weighted by molar-refractivity contribution is -0.154. The van der Waals surface area contributed by atoms with Gasteiger partial charge in [-0.3, -0.25) is 5.73 Å². The van der Waals surface area contributed by atoms with Crippen molar-refractivity contribution in [3.63, 3.8) is 0 Å². The van der Waals surface area contributed by atoms with Crippen LogP contribution in [0.5, 0.6) is 0 Å². The first kappa shape index (κ1) is 9.10. The first-order valence-corrected chi connectivity index (χ1v) is 2.74. The summed E-state index contributed by atoms with van der Waals surface area (Å²) in [7, 11) is 0. The van der Waals surface area contributed by atoms with Crippen molar-refractivity contribution in [1.29, 1.82) is 0 Å². The third kappa shape index (κ3) is 3.19. The molecule has 0 aromatic carbocycles. The fraction of sp³-hybridized carbons (Fsp3) is 0.500. The van der Waals surface area contributed by atoms with E-state index in [1.165, 1.54) is 6.08 Å².